The Balaban J connectivity index is 1.86. The van der Waals surface area contributed by atoms with Crippen LogP contribution in [0.3, 0.4) is 0 Å². The Bertz CT molecular complexity index is 369. The highest BCUT2D eigenvalue weighted by Crippen LogP contribution is 2.26. The molecule has 2 atom stereocenters. The fraction of sp³-hybridized carbons (Fsp3) is 0.765. The van der Waals surface area contributed by atoms with Crippen LogP contribution in [-0.4, -0.2) is 19.3 Å². The van der Waals surface area contributed by atoms with Gasteiger partial charge < -0.3 is 14.5 Å². The van der Waals surface area contributed by atoms with Gasteiger partial charge in [-0.1, -0.05) is 13.8 Å². The molecule has 1 aliphatic heterocycles. The minimum absolute atomic E-state index is 0.435. The summed E-state index contributed by atoms with van der Waals surface area (Å²) in [5.41, 5.74) is 1.35. The Morgan fingerprint density at radius 1 is 1.40 bits per heavy atom. The van der Waals surface area contributed by atoms with E-state index in [4.69, 9.17) is 9.15 Å². The Labute approximate surface area is 123 Å². The van der Waals surface area contributed by atoms with Gasteiger partial charge in [0.05, 0.1) is 12.4 Å². The van der Waals surface area contributed by atoms with Crippen LogP contribution in [0.5, 0.6) is 0 Å². The average Bonchev–Trinajstić information content (AvgIpc) is 3.13. The van der Waals surface area contributed by atoms with Gasteiger partial charge in [-0.05, 0) is 51.1 Å². The molecule has 2 rings (SSSR count). The summed E-state index contributed by atoms with van der Waals surface area (Å²) in [4.78, 5) is 0. The van der Waals surface area contributed by atoms with E-state index in [-0.39, 0.29) is 0 Å². The highest BCUT2D eigenvalue weighted by molar-refractivity contribution is 5.21. The maximum Gasteiger partial charge on any atom is 0.108 e. The van der Waals surface area contributed by atoms with Crippen molar-refractivity contribution in [1.29, 1.82) is 0 Å². The molecular formula is C17H29NO2. The molecule has 0 spiro atoms. The summed E-state index contributed by atoms with van der Waals surface area (Å²) >= 11 is 0. The zero-order valence-corrected chi connectivity index (χ0v) is 13.0. The molecule has 2 unspecified atom stereocenters. The zero-order chi connectivity index (χ0) is 14.2. The second-order valence-corrected chi connectivity index (χ2v) is 5.73. The van der Waals surface area contributed by atoms with Crippen LogP contribution >= 0.6 is 0 Å². The van der Waals surface area contributed by atoms with E-state index >= 15 is 0 Å². The molecule has 1 aromatic rings. The van der Waals surface area contributed by atoms with Crippen LogP contribution in [0.2, 0.25) is 0 Å². The van der Waals surface area contributed by atoms with E-state index in [0.717, 1.165) is 25.3 Å². The van der Waals surface area contributed by atoms with Crippen molar-refractivity contribution in [3.8, 4) is 0 Å². The number of rotatable bonds is 9. The summed E-state index contributed by atoms with van der Waals surface area (Å²) in [7, 11) is 0. The first kappa shape index (κ1) is 15.6. The third-order valence-electron chi connectivity index (χ3n) is 4.16. The van der Waals surface area contributed by atoms with Crippen molar-refractivity contribution in [3.63, 3.8) is 0 Å². The van der Waals surface area contributed by atoms with Crippen molar-refractivity contribution in [2.24, 2.45) is 0 Å². The normalized spacial score (nSPS) is 20.4. The van der Waals surface area contributed by atoms with Gasteiger partial charge in [0.15, 0.2) is 0 Å². The summed E-state index contributed by atoms with van der Waals surface area (Å²) in [5, 5.41) is 3.67. The topological polar surface area (TPSA) is 34.4 Å². The van der Waals surface area contributed by atoms with Crippen LogP contribution in [0.25, 0.3) is 0 Å². The van der Waals surface area contributed by atoms with Gasteiger partial charge in [-0.25, -0.2) is 0 Å². The maximum atomic E-state index is 5.71. The van der Waals surface area contributed by atoms with Crippen molar-refractivity contribution in [3.05, 3.63) is 23.7 Å². The lowest BCUT2D eigenvalue weighted by Crippen LogP contribution is -2.23. The van der Waals surface area contributed by atoms with Gasteiger partial charge in [0.2, 0.25) is 0 Å². The Kier molecular flexibility index (Phi) is 6.61. The standard InChI is InChI=1S/C17H29NO2/c1-3-11-18-16(15-10-13-20-17(15)4-2)9-5-7-14-8-6-12-19-14/h10,13-14,16,18H,3-9,11-12H2,1-2H3. The van der Waals surface area contributed by atoms with Crippen LogP contribution in [0.1, 0.15) is 69.7 Å². The molecule has 0 saturated carbocycles. The molecule has 1 saturated heterocycles. The summed E-state index contributed by atoms with van der Waals surface area (Å²) in [6.07, 6.45) is 10.6. The first-order valence-electron chi connectivity index (χ1n) is 8.26. The minimum atomic E-state index is 0.435. The van der Waals surface area contributed by atoms with E-state index in [1.165, 1.54) is 44.1 Å². The molecule has 0 radical (unpaired) electrons. The van der Waals surface area contributed by atoms with Crippen LogP contribution in [-0.2, 0) is 11.2 Å². The van der Waals surface area contributed by atoms with Crippen LogP contribution in [0.4, 0.5) is 0 Å². The van der Waals surface area contributed by atoms with E-state index in [0.29, 0.717) is 12.1 Å². The third kappa shape index (κ3) is 4.35. The zero-order valence-electron chi connectivity index (χ0n) is 13.0. The van der Waals surface area contributed by atoms with Crippen molar-refractivity contribution in [2.45, 2.75) is 70.9 Å². The lowest BCUT2D eigenvalue weighted by atomic mass is 9.98. The Morgan fingerprint density at radius 3 is 3.00 bits per heavy atom. The van der Waals surface area contributed by atoms with E-state index < -0.39 is 0 Å². The SMILES string of the molecule is CCCNC(CCCC1CCCO1)c1ccoc1CC. The predicted octanol–water partition coefficient (Wildman–Crippen LogP) is 4.23. The molecule has 3 nitrogen and oxygen atoms in total. The number of hydrogen-bond donors (Lipinski definition) is 1. The van der Waals surface area contributed by atoms with Gasteiger partial charge in [-0.15, -0.1) is 0 Å². The van der Waals surface area contributed by atoms with Gasteiger partial charge in [0, 0.05) is 24.6 Å². The van der Waals surface area contributed by atoms with Crippen LogP contribution in [0, 0.1) is 0 Å². The molecule has 0 aromatic carbocycles. The molecule has 1 N–H and O–H groups in total. The molecule has 1 fully saturated rings. The number of hydrogen-bond acceptors (Lipinski definition) is 3. The minimum Gasteiger partial charge on any atom is -0.469 e. The highest BCUT2D eigenvalue weighted by Gasteiger charge is 2.19. The van der Waals surface area contributed by atoms with E-state index in [1.807, 2.05) is 6.26 Å². The Morgan fingerprint density at radius 2 is 2.30 bits per heavy atom. The lowest BCUT2D eigenvalue weighted by molar-refractivity contribution is 0.101. The van der Waals surface area contributed by atoms with Gasteiger partial charge in [-0.3, -0.25) is 0 Å². The molecule has 1 aliphatic rings. The van der Waals surface area contributed by atoms with E-state index in [1.54, 1.807) is 0 Å². The molecule has 0 amide bonds. The largest absolute Gasteiger partial charge is 0.469 e. The van der Waals surface area contributed by atoms with Crippen molar-refractivity contribution < 1.29 is 9.15 Å². The predicted molar refractivity (Wildman–Crippen MR) is 81.9 cm³/mol. The molecule has 0 aliphatic carbocycles. The van der Waals surface area contributed by atoms with Gasteiger partial charge in [0.1, 0.15) is 5.76 Å². The molecule has 20 heavy (non-hydrogen) atoms. The quantitative estimate of drug-likeness (QED) is 0.734. The smallest absolute Gasteiger partial charge is 0.108 e. The monoisotopic (exact) mass is 279 g/mol. The first-order valence-corrected chi connectivity index (χ1v) is 8.26. The summed E-state index contributed by atoms with van der Waals surface area (Å²) in [5.74, 6) is 1.13. The fourth-order valence-corrected chi connectivity index (χ4v) is 3.06. The van der Waals surface area contributed by atoms with E-state index in [9.17, 15) is 0 Å². The average molecular weight is 279 g/mol. The van der Waals surface area contributed by atoms with Gasteiger partial charge in [-0.2, -0.15) is 0 Å². The molecular weight excluding hydrogens is 250 g/mol. The molecule has 114 valence electrons. The number of nitrogens with one attached hydrogen (secondary N) is 1. The second-order valence-electron chi connectivity index (χ2n) is 5.73. The van der Waals surface area contributed by atoms with Gasteiger partial charge in [0.25, 0.3) is 0 Å². The number of aryl methyl sites for hydroxylation is 1. The maximum absolute atomic E-state index is 5.71. The van der Waals surface area contributed by atoms with Crippen molar-refractivity contribution >= 4 is 0 Å². The summed E-state index contributed by atoms with van der Waals surface area (Å²) in [6, 6.07) is 2.57. The summed E-state index contributed by atoms with van der Waals surface area (Å²) < 4.78 is 11.3. The highest BCUT2D eigenvalue weighted by atomic mass is 16.5. The van der Waals surface area contributed by atoms with Gasteiger partial charge >= 0.3 is 0 Å². The first-order chi connectivity index (χ1) is 9.85. The number of furan rings is 1. The van der Waals surface area contributed by atoms with E-state index in [2.05, 4.69) is 25.2 Å². The van der Waals surface area contributed by atoms with Crippen LogP contribution < -0.4 is 5.32 Å². The molecule has 2 heterocycles. The molecule has 0 bridgehead atoms. The molecule has 1 aromatic heterocycles. The Hall–Kier alpha value is -0.800. The molecule has 3 heteroatoms. The lowest BCUT2D eigenvalue weighted by Gasteiger charge is -2.19. The van der Waals surface area contributed by atoms with Crippen molar-refractivity contribution in [1.82, 2.24) is 5.32 Å². The second kappa shape index (κ2) is 8.48. The van der Waals surface area contributed by atoms with Crippen LogP contribution in [0.15, 0.2) is 16.7 Å². The fourth-order valence-electron chi connectivity index (χ4n) is 3.06. The third-order valence-corrected chi connectivity index (χ3v) is 4.16. The van der Waals surface area contributed by atoms with Crippen molar-refractivity contribution in [2.75, 3.05) is 13.2 Å². The number of ether oxygens (including phenoxy) is 1. The summed E-state index contributed by atoms with van der Waals surface area (Å²) in [6.45, 7) is 6.40.